The molecule has 0 aromatic heterocycles. The van der Waals surface area contributed by atoms with E-state index in [4.69, 9.17) is 10.0 Å². The molecule has 0 saturated carbocycles. The maximum atomic E-state index is 10.1. The molecule has 0 spiro atoms. The molecule has 0 aliphatic heterocycles. The topological polar surface area (TPSA) is 87.0 Å². The first kappa shape index (κ1) is 11.9. The number of rotatable bonds is 4. The molecule has 0 fully saturated rings. The Morgan fingerprint density at radius 2 is 1.80 bits per heavy atom. The first-order valence-corrected chi connectivity index (χ1v) is 5.34. The fourth-order valence-corrected chi connectivity index (χ4v) is 1.35. The van der Waals surface area contributed by atoms with E-state index in [0.717, 1.165) is 5.56 Å². The molecule has 1 aromatic carbocycles. The second kappa shape index (κ2) is 5.64. The fraction of sp³-hybridized carbons (Fsp3) is 0.250. The van der Waals surface area contributed by atoms with Crippen molar-refractivity contribution in [1.82, 2.24) is 0 Å². The lowest BCUT2D eigenvalue weighted by atomic mass is 9.80. The molecule has 2 N–H and O–H groups in total. The van der Waals surface area contributed by atoms with Crippen LogP contribution in [0.25, 0.3) is 0 Å². The van der Waals surface area contributed by atoms with Crippen molar-refractivity contribution in [3.8, 4) is 0 Å². The Morgan fingerprint density at radius 3 is 2.27 bits per heavy atom. The summed E-state index contributed by atoms with van der Waals surface area (Å²) in [5.74, 6) is 0. The predicted octanol–water partition coefficient (Wildman–Crippen LogP) is -1.03. The van der Waals surface area contributed by atoms with E-state index in [0.29, 0.717) is 11.9 Å². The van der Waals surface area contributed by atoms with Gasteiger partial charge in [0.25, 0.3) is 0 Å². The lowest BCUT2D eigenvalue weighted by molar-refractivity contribution is 0.426. The van der Waals surface area contributed by atoms with Crippen LogP contribution in [0.4, 0.5) is 0 Å². The molecular weight excluding hydrogens is 217 g/mol. The van der Waals surface area contributed by atoms with Crippen molar-refractivity contribution < 1.29 is 18.5 Å². The van der Waals surface area contributed by atoms with Crippen molar-refractivity contribution in [2.75, 3.05) is 6.54 Å². The summed E-state index contributed by atoms with van der Waals surface area (Å²) in [7, 11) is -3.83. The van der Waals surface area contributed by atoms with Gasteiger partial charge in [0.05, 0.1) is 6.54 Å². The minimum Gasteiger partial charge on any atom is -0.423 e. The van der Waals surface area contributed by atoms with Gasteiger partial charge in [-0.25, -0.2) is 0 Å². The van der Waals surface area contributed by atoms with Gasteiger partial charge in [0, 0.05) is 0 Å². The molecule has 15 heavy (non-hydrogen) atoms. The minimum absolute atomic E-state index is 0.205. The van der Waals surface area contributed by atoms with Crippen molar-refractivity contribution >= 4 is 23.1 Å². The van der Waals surface area contributed by atoms with Gasteiger partial charge in [-0.3, -0.25) is 0 Å². The Balaban J connectivity index is 2.61. The van der Waals surface area contributed by atoms with Gasteiger partial charge in [-0.15, -0.1) is 0 Å². The zero-order valence-electron chi connectivity index (χ0n) is 7.87. The molecule has 0 heterocycles. The van der Waals surface area contributed by atoms with Gasteiger partial charge in [0.15, 0.2) is 0 Å². The number of hydrogen-bond donors (Lipinski definition) is 2. The molecule has 0 radical (unpaired) electrons. The van der Waals surface area contributed by atoms with Crippen LogP contribution in [-0.2, 0) is 16.9 Å². The molecule has 0 amide bonds. The van der Waals surface area contributed by atoms with Crippen molar-refractivity contribution in [1.29, 1.82) is 0 Å². The Hall–Kier alpha value is -1.18. The van der Waals surface area contributed by atoms with Crippen LogP contribution in [0, 0.1) is 0 Å². The van der Waals surface area contributed by atoms with E-state index >= 15 is 0 Å². The summed E-state index contributed by atoms with van der Waals surface area (Å²) >= 11 is 0. The van der Waals surface area contributed by atoms with Gasteiger partial charge in [-0.05, 0) is 17.4 Å². The largest absolute Gasteiger partial charge is 0.488 e. The molecule has 0 saturated heterocycles. The molecule has 7 heteroatoms. The van der Waals surface area contributed by atoms with Crippen LogP contribution in [0.5, 0.6) is 0 Å². The minimum atomic E-state index is -2.36. The predicted molar refractivity (Wildman–Crippen MR) is 56.2 cm³/mol. The van der Waals surface area contributed by atoms with E-state index < -0.39 is 17.6 Å². The lowest BCUT2D eigenvalue weighted by Gasteiger charge is -2.00. The smallest absolute Gasteiger partial charge is 0.423 e. The van der Waals surface area contributed by atoms with Crippen LogP contribution in [0.2, 0.25) is 0 Å². The maximum Gasteiger partial charge on any atom is 0.488 e. The van der Waals surface area contributed by atoms with E-state index in [1.807, 2.05) is 0 Å². The van der Waals surface area contributed by atoms with Crippen LogP contribution >= 0.6 is 0 Å². The number of benzene rings is 1. The fourth-order valence-electron chi connectivity index (χ4n) is 1.11. The highest BCUT2D eigenvalue weighted by Gasteiger charge is 2.09. The van der Waals surface area contributed by atoms with Crippen LogP contribution in [0.3, 0.4) is 0 Å². The van der Waals surface area contributed by atoms with Crippen molar-refractivity contribution in [2.24, 2.45) is 4.36 Å². The molecular formula is C8H10BNO4S. The summed E-state index contributed by atoms with van der Waals surface area (Å²) in [4.78, 5) is 0. The van der Waals surface area contributed by atoms with Crippen molar-refractivity contribution in [3.05, 3.63) is 29.8 Å². The quantitative estimate of drug-likeness (QED) is 0.644. The van der Waals surface area contributed by atoms with Gasteiger partial charge >= 0.3 is 17.6 Å². The molecule has 0 unspecified atom stereocenters. The standard InChI is InChI=1S/C8H10BNO4S/c11-9(12)8-3-1-7(2-4-8)5-6-10-15(13)14/h1-4,11-12H,5-6H2. The highest BCUT2D eigenvalue weighted by atomic mass is 32.2. The van der Waals surface area contributed by atoms with Crippen LogP contribution < -0.4 is 5.46 Å². The summed E-state index contributed by atoms with van der Waals surface area (Å²) in [6, 6.07) is 6.57. The number of hydrogen-bond acceptors (Lipinski definition) is 5. The van der Waals surface area contributed by atoms with E-state index in [1.165, 1.54) is 0 Å². The second-order valence-electron chi connectivity index (χ2n) is 2.94. The van der Waals surface area contributed by atoms with Gasteiger partial charge in [0.2, 0.25) is 0 Å². The summed E-state index contributed by atoms with van der Waals surface area (Å²) in [5, 5.41) is 17.6. The molecule has 0 aliphatic rings. The summed E-state index contributed by atoms with van der Waals surface area (Å²) in [6.45, 7) is 0.205. The summed E-state index contributed by atoms with van der Waals surface area (Å²) in [6.07, 6.45) is 0.510. The van der Waals surface area contributed by atoms with Gasteiger partial charge < -0.3 is 10.0 Å². The van der Waals surface area contributed by atoms with Crippen LogP contribution in [0.1, 0.15) is 5.56 Å². The first-order valence-electron chi connectivity index (χ1n) is 4.31. The van der Waals surface area contributed by atoms with E-state index in [-0.39, 0.29) is 6.54 Å². The molecule has 80 valence electrons. The zero-order chi connectivity index (χ0) is 11.3. The Labute approximate surface area is 89.2 Å². The van der Waals surface area contributed by atoms with Crippen molar-refractivity contribution in [2.45, 2.75) is 6.42 Å². The molecule has 0 atom stereocenters. The SMILES string of the molecule is O=S(=O)=NCCc1ccc(B(O)O)cc1. The van der Waals surface area contributed by atoms with E-state index in [9.17, 15) is 8.42 Å². The van der Waals surface area contributed by atoms with Gasteiger partial charge in [-0.1, -0.05) is 24.3 Å². The van der Waals surface area contributed by atoms with Crippen LogP contribution in [-0.4, -0.2) is 32.1 Å². The lowest BCUT2D eigenvalue weighted by Crippen LogP contribution is -2.29. The first-order chi connectivity index (χ1) is 7.09. The number of nitrogens with zero attached hydrogens (tertiary/aromatic N) is 1. The van der Waals surface area contributed by atoms with Crippen LogP contribution in [0.15, 0.2) is 28.6 Å². The Morgan fingerprint density at radius 1 is 1.20 bits per heavy atom. The summed E-state index contributed by atoms with van der Waals surface area (Å²) < 4.78 is 23.5. The van der Waals surface area contributed by atoms with Gasteiger partial charge in [-0.2, -0.15) is 12.8 Å². The van der Waals surface area contributed by atoms with Gasteiger partial charge in [0.1, 0.15) is 0 Å². The average molecular weight is 227 g/mol. The molecule has 0 aliphatic carbocycles. The molecule has 0 bridgehead atoms. The highest BCUT2D eigenvalue weighted by Crippen LogP contribution is 1.98. The zero-order valence-corrected chi connectivity index (χ0v) is 8.68. The Bertz CT molecular complexity index is 432. The van der Waals surface area contributed by atoms with E-state index in [1.54, 1.807) is 24.3 Å². The third-order valence-electron chi connectivity index (χ3n) is 1.88. The monoisotopic (exact) mass is 227 g/mol. The normalized spacial score (nSPS) is 9.73. The highest BCUT2D eigenvalue weighted by molar-refractivity contribution is 7.61. The Kier molecular flexibility index (Phi) is 4.48. The average Bonchev–Trinajstić information content (AvgIpc) is 2.18. The second-order valence-corrected chi connectivity index (χ2v) is 3.63. The van der Waals surface area contributed by atoms with E-state index in [2.05, 4.69) is 4.36 Å². The third kappa shape index (κ3) is 4.24. The maximum absolute atomic E-state index is 10.1. The summed E-state index contributed by atoms with van der Waals surface area (Å²) in [5.41, 5.74) is 1.30. The van der Waals surface area contributed by atoms with Crippen molar-refractivity contribution in [3.63, 3.8) is 0 Å². The molecule has 1 aromatic rings. The molecule has 1 rings (SSSR count). The molecule has 5 nitrogen and oxygen atoms in total. The third-order valence-corrected chi connectivity index (χ3v) is 2.27.